The zero-order valence-electron chi connectivity index (χ0n) is 18.7. The van der Waals surface area contributed by atoms with E-state index in [-0.39, 0.29) is 11.8 Å². The van der Waals surface area contributed by atoms with Crippen LogP contribution in [0.1, 0.15) is 45.2 Å². The molecule has 0 aliphatic carbocycles. The molecule has 30 heavy (non-hydrogen) atoms. The van der Waals surface area contributed by atoms with Crippen molar-refractivity contribution in [3.63, 3.8) is 0 Å². The van der Waals surface area contributed by atoms with Gasteiger partial charge in [0.25, 0.3) is 0 Å². The van der Waals surface area contributed by atoms with Gasteiger partial charge in [-0.2, -0.15) is 0 Å². The Morgan fingerprint density at radius 1 is 1.20 bits per heavy atom. The zero-order valence-corrected chi connectivity index (χ0v) is 19.5. The van der Waals surface area contributed by atoms with Crippen LogP contribution < -0.4 is 10.1 Å². The van der Waals surface area contributed by atoms with Crippen LogP contribution in [0, 0.1) is 0 Å². The van der Waals surface area contributed by atoms with Gasteiger partial charge in [0.05, 0.1) is 30.2 Å². The fraction of sp³-hybridized carbons (Fsp3) is 0.682. The van der Waals surface area contributed by atoms with Gasteiger partial charge in [-0.05, 0) is 64.4 Å². The van der Waals surface area contributed by atoms with Gasteiger partial charge in [0, 0.05) is 19.6 Å². The Kier molecular flexibility index (Phi) is 7.29. The molecular weight excluding hydrogens is 400 g/mol. The summed E-state index contributed by atoms with van der Waals surface area (Å²) in [5.41, 5.74) is 1.24. The third-order valence-corrected chi connectivity index (χ3v) is 8.71. The highest BCUT2D eigenvalue weighted by Gasteiger charge is 2.41. The summed E-state index contributed by atoms with van der Waals surface area (Å²) in [5, 5.41) is 3.38. The van der Waals surface area contributed by atoms with Crippen LogP contribution in [0.3, 0.4) is 0 Å². The predicted molar refractivity (Wildman–Crippen MR) is 122 cm³/mol. The van der Waals surface area contributed by atoms with Crippen molar-refractivity contribution in [2.24, 2.45) is 4.99 Å². The number of guanidine groups is 1. The molecule has 1 atom stereocenters. The summed E-state index contributed by atoms with van der Waals surface area (Å²) in [6.45, 7) is 10.1. The first-order chi connectivity index (χ1) is 14.3. The average Bonchev–Trinajstić information content (AvgIpc) is 3.24. The molecule has 2 saturated heterocycles. The lowest BCUT2D eigenvalue weighted by Gasteiger charge is -2.39. The number of methoxy groups -OCH3 is 1. The van der Waals surface area contributed by atoms with E-state index in [1.54, 1.807) is 7.11 Å². The molecule has 0 bridgehead atoms. The molecule has 168 valence electrons. The molecule has 8 heteroatoms. The second-order valence-corrected chi connectivity index (χ2v) is 11.5. The summed E-state index contributed by atoms with van der Waals surface area (Å²) in [4.78, 5) is 9.57. The largest absolute Gasteiger partial charge is 0.497 e. The molecular formula is C22H36N4O3S. The lowest BCUT2D eigenvalue weighted by molar-refractivity contribution is 0.250. The minimum atomic E-state index is -3.08. The van der Waals surface area contributed by atoms with Gasteiger partial charge in [-0.1, -0.05) is 12.1 Å². The monoisotopic (exact) mass is 436 g/mol. The third-order valence-electron chi connectivity index (χ3n) is 6.17. The van der Waals surface area contributed by atoms with Crippen molar-refractivity contribution >= 4 is 15.8 Å². The molecule has 0 saturated carbocycles. The van der Waals surface area contributed by atoms with Gasteiger partial charge in [-0.25, -0.2) is 8.42 Å². The molecule has 0 aromatic heterocycles. The first kappa shape index (κ1) is 22.9. The standard InChI is InChI=1S/C22H36N4O3S/c1-5-23-21(26-14-15-30(27,28)22(2,3)17-26)24-16-20(25-12-6-7-13-25)18-8-10-19(29-4)11-9-18/h8-11,20H,5-7,12-17H2,1-4H3,(H,23,24). The Morgan fingerprint density at radius 2 is 1.87 bits per heavy atom. The maximum absolute atomic E-state index is 12.4. The van der Waals surface area contributed by atoms with Gasteiger partial charge in [-0.15, -0.1) is 0 Å². The number of hydrogen-bond donors (Lipinski definition) is 1. The number of rotatable bonds is 6. The van der Waals surface area contributed by atoms with Crippen LogP contribution >= 0.6 is 0 Å². The van der Waals surface area contributed by atoms with Gasteiger partial charge >= 0.3 is 0 Å². The molecule has 0 spiro atoms. The van der Waals surface area contributed by atoms with Gasteiger partial charge in [-0.3, -0.25) is 9.89 Å². The molecule has 2 aliphatic heterocycles. The summed E-state index contributed by atoms with van der Waals surface area (Å²) in [5.74, 6) is 1.82. The quantitative estimate of drug-likeness (QED) is 0.545. The van der Waals surface area contributed by atoms with Crippen LogP contribution in [0.25, 0.3) is 0 Å². The smallest absolute Gasteiger partial charge is 0.194 e. The minimum Gasteiger partial charge on any atom is -0.497 e. The Morgan fingerprint density at radius 3 is 2.43 bits per heavy atom. The second-order valence-electron chi connectivity index (χ2n) is 8.73. The summed E-state index contributed by atoms with van der Waals surface area (Å²) in [7, 11) is -1.40. The number of nitrogens with zero attached hydrogens (tertiary/aromatic N) is 3. The van der Waals surface area contributed by atoms with Crippen molar-refractivity contribution in [3.05, 3.63) is 29.8 Å². The number of ether oxygens (including phenoxy) is 1. The Hall–Kier alpha value is -1.80. The predicted octanol–water partition coefficient (Wildman–Crippen LogP) is 2.31. The van der Waals surface area contributed by atoms with Crippen LogP contribution in [0.2, 0.25) is 0 Å². The highest BCUT2D eigenvalue weighted by molar-refractivity contribution is 7.92. The minimum absolute atomic E-state index is 0.165. The van der Waals surface area contributed by atoms with Crippen molar-refractivity contribution in [2.75, 3.05) is 52.1 Å². The van der Waals surface area contributed by atoms with Crippen molar-refractivity contribution < 1.29 is 13.2 Å². The van der Waals surface area contributed by atoms with Crippen molar-refractivity contribution in [3.8, 4) is 5.75 Å². The van der Waals surface area contributed by atoms with Gasteiger partial charge < -0.3 is 15.0 Å². The van der Waals surface area contributed by atoms with Crippen molar-refractivity contribution in [1.29, 1.82) is 0 Å². The van der Waals surface area contributed by atoms with E-state index < -0.39 is 14.6 Å². The van der Waals surface area contributed by atoms with Crippen LogP contribution in [-0.2, 0) is 9.84 Å². The van der Waals surface area contributed by atoms with E-state index in [0.717, 1.165) is 31.3 Å². The summed E-state index contributed by atoms with van der Waals surface area (Å²) < 4.78 is 29.3. The SMILES string of the molecule is CCNC(=NCC(c1ccc(OC)cc1)N1CCCC1)N1CCS(=O)(=O)C(C)(C)C1. The number of hydrogen-bond acceptors (Lipinski definition) is 5. The average molecular weight is 437 g/mol. The van der Waals surface area contributed by atoms with Crippen molar-refractivity contribution in [1.82, 2.24) is 15.1 Å². The number of benzene rings is 1. The molecule has 1 aromatic carbocycles. The van der Waals surface area contributed by atoms with Crippen LogP contribution in [0.15, 0.2) is 29.3 Å². The summed E-state index contributed by atoms with van der Waals surface area (Å²) in [6, 6.07) is 8.46. The van der Waals surface area contributed by atoms with Gasteiger partial charge in [0.1, 0.15) is 5.75 Å². The fourth-order valence-corrected chi connectivity index (χ4v) is 5.60. The van der Waals surface area contributed by atoms with E-state index in [0.29, 0.717) is 19.6 Å². The lowest BCUT2D eigenvalue weighted by atomic mass is 10.1. The molecule has 0 amide bonds. The van der Waals surface area contributed by atoms with Crippen LogP contribution in [0.4, 0.5) is 0 Å². The topological polar surface area (TPSA) is 74.2 Å². The van der Waals surface area contributed by atoms with E-state index in [1.807, 2.05) is 32.9 Å². The molecule has 7 nitrogen and oxygen atoms in total. The zero-order chi connectivity index (χ0) is 21.8. The summed E-state index contributed by atoms with van der Waals surface area (Å²) in [6.07, 6.45) is 2.43. The molecule has 3 rings (SSSR count). The van der Waals surface area contributed by atoms with Crippen LogP contribution in [0.5, 0.6) is 5.75 Å². The first-order valence-electron chi connectivity index (χ1n) is 10.9. The van der Waals surface area contributed by atoms with Crippen molar-refractivity contribution in [2.45, 2.75) is 44.4 Å². The number of sulfone groups is 1. The highest BCUT2D eigenvalue weighted by Crippen LogP contribution is 2.28. The van der Waals surface area contributed by atoms with E-state index in [9.17, 15) is 8.42 Å². The molecule has 2 heterocycles. The van der Waals surface area contributed by atoms with Gasteiger partial charge in [0.2, 0.25) is 0 Å². The maximum Gasteiger partial charge on any atom is 0.194 e. The third kappa shape index (κ3) is 5.09. The fourth-order valence-electron chi connectivity index (χ4n) is 4.23. The Labute approximate surface area is 181 Å². The number of likely N-dealkylation sites (tertiary alicyclic amines) is 1. The molecule has 0 radical (unpaired) electrons. The van der Waals surface area contributed by atoms with E-state index in [4.69, 9.17) is 9.73 Å². The molecule has 2 aliphatic rings. The Balaban J connectivity index is 1.82. The Bertz CT molecular complexity index is 830. The van der Waals surface area contributed by atoms with E-state index in [2.05, 4.69) is 27.2 Å². The molecule has 2 fully saturated rings. The normalized spacial score (nSPS) is 22.7. The molecule has 1 unspecified atom stereocenters. The number of aliphatic imine (C=N–C) groups is 1. The molecule has 1 N–H and O–H groups in total. The first-order valence-corrected chi connectivity index (χ1v) is 12.6. The lowest BCUT2D eigenvalue weighted by Crippen LogP contribution is -2.57. The van der Waals surface area contributed by atoms with E-state index >= 15 is 0 Å². The maximum atomic E-state index is 12.4. The van der Waals surface area contributed by atoms with Gasteiger partial charge in [0.15, 0.2) is 15.8 Å². The summed E-state index contributed by atoms with van der Waals surface area (Å²) >= 11 is 0. The van der Waals surface area contributed by atoms with E-state index in [1.165, 1.54) is 18.4 Å². The second kappa shape index (κ2) is 9.56. The molecule has 1 aromatic rings. The van der Waals surface area contributed by atoms with Crippen LogP contribution in [-0.4, -0.2) is 81.1 Å². The number of nitrogens with one attached hydrogen (secondary N) is 1. The highest BCUT2D eigenvalue weighted by atomic mass is 32.2.